The van der Waals surface area contributed by atoms with E-state index < -0.39 is 0 Å². The van der Waals surface area contributed by atoms with Crippen LogP contribution < -0.4 is 10.2 Å². The molecule has 5 rings (SSSR count). The first kappa shape index (κ1) is 17.9. The molecule has 0 spiro atoms. The van der Waals surface area contributed by atoms with Crippen molar-refractivity contribution in [3.63, 3.8) is 0 Å². The monoisotopic (exact) mass is 404 g/mol. The van der Waals surface area contributed by atoms with Gasteiger partial charge >= 0.3 is 0 Å². The summed E-state index contributed by atoms with van der Waals surface area (Å²) in [5.74, 6) is 0.626. The van der Waals surface area contributed by atoms with E-state index in [1.165, 1.54) is 11.7 Å². The predicted octanol–water partition coefficient (Wildman–Crippen LogP) is 3.80. The largest absolute Gasteiger partial charge is 0.370 e. The SMILES string of the molecule is Cc1cc(N2CCC(C(=O)Nc3ccc4ccccc4n3)CC2)c2nsnc2n1. The van der Waals surface area contributed by atoms with Gasteiger partial charge in [0.2, 0.25) is 5.91 Å². The number of amides is 1. The Balaban J connectivity index is 1.27. The molecule has 7 nitrogen and oxygen atoms in total. The van der Waals surface area contributed by atoms with Crippen LogP contribution in [0.3, 0.4) is 0 Å². The van der Waals surface area contributed by atoms with Gasteiger partial charge in [-0.3, -0.25) is 4.79 Å². The molecule has 1 saturated heterocycles. The van der Waals surface area contributed by atoms with E-state index in [1.54, 1.807) is 0 Å². The Hall–Kier alpha value is -3.13. The quantitative estimate of drug-likeness (QED) is 0.559. The Morgan fingerprint density at radius 3 is 2.79 bits per heavy atom. The Morgan fingerprint density at radius 2 is 1.93 bits per heavy atom. The van der Waals surface area contributed by atoms with E-state index in [4.69, 9.17) is 0 Å². The molecule has 29 heavy (non-hydrogen) atoms. The summed E-state index contributed by atoms with van der Waals surface area (Å²) in [5.41, 5.74) is 4.43. The van der Waals surface area contributed by atoms with Crippen molar-refractivity contribution in [3.05, 3.63) is 48.2 Å². The van der Waals surface area contributed by atoms with Gasteiger partial charge in [-0.05, 0) is 44.0 Å². The number of anilines is 2. The number of hydrogen-bond donors (Lipinski definition) is 1. The minimum absolute atomic E-state index is 0.0218. The summed E-state index contributed by atoms with van der Waals surface area (Å²) in [4.78, 5) is 24.0. The first-order valence-electron chi connectivity index (χ1n) is 9.69. The fourth-order valence-electron chi connectivity index (χ4n) is 3.87. The lowest BCUT2D eigenvalue weighted by Gasteiger charge is -2.33. The summed E-state index contributed by atoms with van der Waals surface area (Å²) in [7, 11) is 0. The Morgan fingerprint density at radius 1 is 1.10 bits per heavy atom. The van der Waals surface area contributed by atoms with Crippen LogP contribution in [0.1, 0.15) is 18.5 Å². The zero-order valence-corrected chi connectivity index (χ0v) is 16.8. The van der Waals surface area contributed by atoms with Crippen molar-refractivity contribution in [2.45, 2.75) is 19.8 Å². The van der Waals surface area contributed by atoms with Crippen molar-refractivity contribution in [1.29, 1.82) is 0 Å². The van der Waals surface area contributed by atoms with Crippen LogP contribution in [0.2, 0.25) is 0 Å². The lowest BCUT2D eigenvalue weighted by molar-refractivity contribution is -0.120. The molecule has 3 aromatic heterocycles. The zero-order valence-electron chi connectivity index (χ0n) is 16.0. The number of aromatic nitrogens is 4. The van der Waals surface area contributed by atoms with E-state index in [9.17, 15) is 4.79 Å². The van der Waals surface area contributed by atoms with E-state index in [0.717, 1.165) is 53.7 Å². The number of para-hydroxylation sites is 1. The summed E-state index contributed by atoms with van der Waals surface area (Å²) < 4.78 is 8.68. The van der Waals surface area contributed by atoms with E-state index in [1.807, 2.05) is 43.3 Å². The molecule has 4 aromatic rings. The third-order valence-electron chi connectivity index (χ3n) is 5.40. The molecule has 8 heteroatoms. The number of pyridine rings is 2. The van der Waals surface area contributed by atoms with Crippen LogP contribution >= 0.6 is 11.7 Å². The molecule has 1 amide bonds. The minimum atomic E-state index is -0.0218. The summed E-state index contributed by atoms with van der Waals surface area (Å²) >= 11 is 1.19. The molecule has 0 radical (unpaired) electrons. The third kappa shape index (κ3) is 3.51. The van der Waals surface area contributed by atoms with Gasteiger partial charge in [-0.2, -0.15) is 8.75 Å². The second-order valence-corrected chi connectivity index (χ2v) is 7.89. The van der Waals surface area contributed by atoms with Crippen molar-refractivity contribution < 1.29 is 4.79 Å². The van der Waals surface area contributed by atoms with Crippen molar-refractivity contribution >= 4 is 51.2 Å². The van der Waals surface area contributed by atoms with E-state index in [-0.39, 0.29) is 11.8 Å². The zero-order chi connectivity index (χ0) is 19.8. The van der Waals surface area contributed by atoms with E-state index in [0.29, 0.717) is 11.5 Å². The Labute approximate surface area is 172 Å². The maximum atomic E-state index is 12.8. The van der Waals surface area contributed by atoms with Crippen molar-refractivity contribution in [3.8, 4) is 0 Å². The average molecular weight is 404 g/mol. The van der Waals surface area contributed by atoms with Crippen LogP contribution in [0.15, 0.2) is 42.5 Å². The van der Waals surface area contributed by atoms with Crippen LogP contribution in [0, 0.1) is 12.8 Å². The van der Waals surface area contributed by atoms with Crippen molar-refractivity contribution in [2.75, 3.05) is 23.3 Å². The number of hydrogen-bond acceptors (Lipinski definition) is 7. The highest BCUT2D eigenvalue weighted by molar-refractivity contribution is 7.00. The highest BCUT2D eigenvalue weighted by Crippen LogP contribution is 2.29. The first-order chi connectivity index (χ1) is 14.2. The first-order valence-corrected chi connectivity index (χ1v) is 10.4. The number of carbonyl (C=O) groups is 1. The van der Waals surface area contributed by atoms with E-state index >= 15 is 0 Å². The van der Waals surface area contributed by atoms with E-state index in [2.05, 4.69) is 35.0 Å². The van der Waals surface area contributed by atoms with Gasteiger partial charge in [-0.1, -0.05) is 18.2 Å². The number of aryl methyl sites for hydroxylation is 1. The van der Waals surface area contributed by atoms with Crippen LogP contribution in [0.5, 0.6) is 0 Å². The number of benzene rings is 1. The molecule has 0 aliphatic carbocycles. The summed E-state index contributed by atoms with van der Waals surface area (Å²) in [6, 6.07) is 13.8. The van der Waals surface area contributed by atoms with Gasteiger partial charge in [-0.15, -0.1) is 0 Å². The number of nitrogens with one attached hydrogen (secondary N) is 1. The van der Waals surface area contributed by atoms with Crippen molar-refractivity contribution in [2.24, 2.45) is 5.92 Å². The molecule has 0 unspecified atom stereocenters. The molecule has 1 fully saturated rings. The van der Waals surface area contributed by atoms with Gasteiger partial charge in [-0.25, -0.2) is 9.97 Å². The molecule has 0 saturated carbocycles. The highest BCUT2D eigenvalue weighted by atomic mass is 32.1. The number of piperidine rings is 1. The molecule has 0 atom stereocenters. The van der Waals surface area contributed by atoms with Gasteiger partial charge in [0.1, 0.15) is 11.3 Å². The molecule has 1 aliphatic heterocycles. The molecule has 0 bridgehead atoms. The smallest absolute Gasteiger partial charge is 0.228 e. The average Bonchev–Trinajstić information content (AvgIpc) is 3.21. The molecule has 1 aromatic carbocycles. The highest BCUT2D eigenvalue weighted by Gasteiger charge is 2.27. The third-order valence-corrected chi connectivity index (χ3v) is 5.92. The number of carbonyl (C=O) groups excluding carboxylic acids is 1. The normalized spacial score (nSPS) is 15.1. The summed E-state index contributed by atoms with van der Waals surface area (Å²) in [6.07, 6.45) is 1.58. The number of rotatable bonds is 3. The number of fused-ring (bicyclic) bond motifs is 2. The lowest BCUT2D eigenvalue weighted by Crippen LogP contribution is -2.38. The maximum Gasteiger partial charge on any atom is 0.228 e. The Bertz CT molecular complexity index is 1200. The fraction of sp³-hybridized carbons (Fsp3) is 0.286. The van der Waals surface area contributed by atoms with Gasteiger partial charge in [0.05, 0.1) is 22.9 Å². The predicted molar refractivity (Wildman–Crippen MR) is 115 cm³/mol. The molecular formula is C21H20N6OS. The lowest BCUT2D eigenvalue weighted by atomic mass is 9.95. The molecule has 1 aliphatic rings. The van der Waals surface area contributed by atoms with Gasteiger partial charge in [0, 0.05) is 30.1 Å². The van der Waals surface area contributed by atoms with Crippen LogP contribution in [-0.4, -0.2) is 37.7 Å². The molecule has 4 heterocycles. The van der Waals surface area contributed by atoms with Crippen LogP contribution in [0.4, 0.5) is 11.5 Å². The number of nitrogens with zero attached hydrogens (tertiary/aromatic N) is 5. The second-order valence-electron chi connectivity index (χ2n) is 7.36. The van der Waals surface area contributed by atoms with Gasteiger partial charge in [0.15, 0.2) is 5.65 Å². The molecule has 146 valence electrons. The molecular weight excluding hydrogens is 384 g/mol. The maximum absolute atomic E-state index is 12.8. The van der Waals surface area contributed by atoms with Gasteiger partial charge in [0.25, 0.3) is 0 Å². The van der Waals surface area contributed by atoms with Crippen molar-refractivity contribution in [1.82, 2.24) is 18.7 Å². The Kier molecular flexibility index (Phi) is 4.55. The fourth-order valence-corrected chi connectivity index (χ4v) is 4.37. The summed E-state index contributed by atoms with van der Waals surface area (Å²) in [5, 5.41) is 4.06. The van der Waals surface area contributed by atoms with Gasteiger partial charge < -0.3 is 10.2 Å². The summed E-state index contributed by atoms with van der Waals surface area (Å²) in [6.45, 7) is 3.58. The second kappa shape index (κ2) is 7.36. The molecule has 1 N–H and O–H groups in total. The topological polar surface area (TPSA) is 83.9 Å². The standard InChI is InChI=1S/C21H20N6OS/c1-13-12-17(19-20(22-13)26-29-25-19)27-10-8-15(9-11-27)21(28)24-18-7-6-14-4-2-3-5-16(14)23-18/h2-7,12,15H,8-11H2,1H3,(H,23,24,28). The van der Waals surface area contributed by atoms with Crippen LogP contribution in [-0.2, 0) is 4.79 Å². The van der Waals surface area contributed by atoms with Crippen LogP contribution in [0.25, 0.3) is 22.1 Å². The minimum Gasteiger partial charge on any atom is -0.370 e.